The monoisotopic (exact) mass is 268 g/mol. The first-order chi connectivity index (χ1) is 9.08. The molecule has 1 aliphatic carbocycles. The van der Waals surface area contributed by atoms with Gasteiger partial charge in [-0.2, -0.15) is 0 Å². The second kappa shape index (κ2) is 6.14. The van der Waals surface area contributed by atoms with Crippen molar-refractivity contribution in [3.63, 3.8) is 0 Å². The highest BCUT2D eigenvalue weighted by Gasteiger charge is 2.29. The molecule has 1 saturated carbocycles. The summed E-state index contributed by atoms with van der Waals surface area (Å²) in [4.78, 5) is 35.1. The van der Waals surface area contributed by atoms with Gasteiger partial charge in [0.2, 0.25) is 11.8 Å². The summed E-state index contributed by atoms with van der Waals surface area (Å²) < 4.78 is 0. The Morgan fingerprint density at radius 3 is 2.58 bits per heavy atom. The predicted octanol–water partition coefficient (Wildman–Crippen LogP) is 0.368. The van der Waals surface area contributed by atoms with E-state index in [0.717, 1.165) is 19.3 Å². The molecular formula is C13H20N2O4. The third kappa shape index (κ3) is 3.53. The molecule has 2 N–H and O–H groups in total. The van der Waals surface area contributed by atoms with Crippen molar-refractivity contribution in [2.75, 3.05) is 13.1 Å². The minimum Gasteiger partial charge on any atom is -0.481 e. The van der Waals surface area contributed by atoms with Gasteiger partial charge in [0.1, 0.15) is 0 Å². The Balaban J connectivity index is 1.72. The van der Waals surface area contributed by atoms with Gasteiger partial charge in [-0.3, -0.25) is 19.3 Å². The summed E-state index contributed by atoms with van der Waals surface area (Å²) in [7, 11) is 0. The highest BCUT2D eigenvalue weighted by molar-refractivity contribution is 6.01. The topological polar surface area (TPSA) is 86.7 Å². The average Bonchev–Trinajstić information content (AvgIpc) is 2.71. The summed E-state index contributed by atoms with van der Waals surface area (Å²) >= 11 is 0. The number of carboxylic acids is 1. The minimum absolute atomic E-state index is 0.0983. The molecule has 6 nitrogen and oxygen atoms in total. The van der Waals surface area contributed by atoms with Crippen LogP contribution in [0.5, 0.6) is 0 Å². The molecule has 2 aliphatic rings. The van der Waals surface area contributed by atoms with Crippen LogP contribution in [0.25, 0.3) is 0 Å². The number of carbonyl (C=O) groups is 3. The molecule has 0 aromatic carbocycles. The van der Waals surface area contributed by atoms with E-state index in [1.165, 1.54) is 4.90 Å². The second-order valence-corrected chi connectivity index (χ2v) is 5.29. The molecule has 2 atom stereocenters. The third-order valence-electron chi connectivity index (χ3n) is 3.95. The first-order valence-electron chi connectivity index (χ1n) is 6.87. The molecule has 0 bridgehead atoms. The minimum atomic E-state index is -0.726. The number of aliphatic carboxylic acids is 1. The lowest BCUT2D eigenvalue weighted by atomic mass is 9.86. The van der Waals surface area contributed by atoms with Crippen LogP contribution in [0, 0.1) is 5.92 Å². The zero-order valence-corrected chi connectivity index (χ0v) is 10.9. The summed E-state index contributed by atoms with van der Waals surface area (Å²) in [6.45, 7) is 0.945. The van der Waals surface area contributed by atoms with E-state index in [2.05, 4.69) is 5.32 Å². The zero-order valence-electron chi connectivity index (χ0n) is 10.9. The molecule has 0 spiro atoms. The maximum absolute atomic E-state index is 11.4. The highest BCUT2D eigenvalue weighted by atomic mass is 16.4. The normalized spacial score (nSPS) is 27.9. The van der Waals surface area contributed by atoms with Gasteiger partial charge in [0, 0.05) is 32.0 Å². The molecule has 2 fully saturated rings. The Kier molecular flexibility index (Phi) is 4.52. The van der Waals surface area contributed by atoms with Crippen molar-refractivity contribution in [2.24, 2.45) is 5.92 Å². The zero-order chi connectivity index (χ0) is 13.8. The Morgan fingerprint density at radius 1 is 1.26 bits per heavy atom. The van der Waals surface area contributed by atoms with Crippen molar-refractivity contribution in [2.45, 2.75) is 44.6 Å². The van der Waals surface area contributed by atoms with E-state index in [1.54, 1.807) is 0 Å². The van der Waals surface area contributed by atoms with Crippen LogP contribution in [-0.4, -0.2) is 46.9 Å². The van der Waals surface area contributed by atoms with E-state index >= 15 is 0 Å². The van der Waals surface area contributed by atoms with E-state index in [9.17, 15) is 14.4 Å². The fraction of sp³-hybridized carbons (Fsp3) is 0.769. The molecule has 1 heterocycles. The van der Waals surface area contributed by atoms with Gasteiger partial charge in [-0.15, -0.1) is 0 Å². The van der Waals surface area contributed by atoms with E-state index in [4.69, 9.17) is 5.11 Å². The van der Waals surface area contributed by atoms with Crippen LogP contribution in [-0.2, 0) is 14.4 Å². The molecule has 19 heavy (non-hydrogen) atoms. The summed E-state index contributed by atoms with van der Waals surface area (Å²) in [5.41, 5.74) is 0. The lowest BCUT2D eigenvalue weighted by molar-refractivity contribution is -0.143. The molecule has 0 aromatic heterocycles. The second-order valence-electron chi connectivity index (χ2n) is 5.29. The number of carboxylic acid groups (broad SMARTS) is 1. The van der Waals surface area contributed by atoms with Gasteiger partial charge in [-0.25, -0.2) is 0 Å². The lowest BCUT2D eigenvalue weighted by Gasteiger charge is -2.28. The van der Waals surface area contributed by atoms with Crippen molar-refractivity contribution in [1.82, 2.24) is 10.2 Å². The third-order valence-corrected chi connectivity index (χ3v) is 3.95. The van der Waals surface area contributed by atoms with Gasteiger partial charge < -0.3 is 10.4 Å². The van der Waals surface area contributed by atoms with Crippen LogP contribution >= 0.6 is 0 Å². The first-order valence-corrected chi connectivity index (χ1v) is 6.87. The summed E-state index contributed by atoms with van der Waals surface area (Å²) in [6, 6.07) is 0.183. The fourth-order valence-electron chi connectivity index (χ4n) is 2.85. The molecule has 0 radical (unpaired) electrons. The van der Waals surface area contributed by atoms with E-state index in [1.807, 2.05) is 0 Å². The standard InChI is InChI=1S/C13H20N2O4/c16-11-4-5-12(17)15(11)7-6-14-10-3-1-2-9(8-10)13(18)19/h9-10,14H,1-8H2,(H,18,19). The summed E-state index contributed by atoms with van der Waals surface area (Å²) in [6.07, 6.45) is 3.91. The Labute approximate surface area is 112 Å². The summed E-state index contributed by atoms with van der Waals surface area (Å²) in [5, 5.41) is 12.3. The van der Waals surface area contributed by atoms with Gasteiger partial charge in [-0.1, -0.05) is 6.42 Å². The molecule has 1 aliphatic heterocycles. The predicted molar refractivity (Wildman–Crippen MR) is 67.3 cm³/mol. The van der Waals surface area contributed by atoms with Gasteiger partial charge in [0.15, 0.2) is 0 Å². The average molecular weight is 268 g/mol. The molecule has 0 aromatic rings. The maximum atomic E-state index is 11.4. The molecular weight excluding hydrogens is 248 g/mol. The van der Waals surface area contributed by atoms with Crippen LogP contribution < -0.4 is 5.32 Å². The van der Waals surface area contributed by atoms with Crippen LogP contribution in [0.15, 0.2) is 0 Å². The number of hydrogen-bond acceptors (Lipinski definition) is 4. The number of nitrogens with one attached hydrogen (secondary N) is 1. The number of hydrogen-bond donors (Lipinski definition) is 2. The quantitative estimate of drug-likeness (QED) is 0.703. The number of imide groups is 1. The first kappa shape index (κ1) is 14.0. The molecule has 1 saturated heterocycles. The van der Waals surface area contributed by atoms with E-state index < -0.39 is 5.97 Å². The largest absolute Gasteiger partial charge is 0.481 e. The number of nitrogens with zero attached hydrogens (tertiary/aromatic N) is 1. The smallest absolute Gasteiger partial charge is 0.306 e. The molecule has 2 amide bonds. The van der Waals surface area contributed by atoms with Crippen molar-refractivity contribution in [1.29, 1.82) is 0 Å². The van der Waals surface area contributed by atoms with Crippen molar-refractivity contribution < 1.29 is 19.5 Å². The molecule has 6 heteroatoms. The van der Waals surface area contributed by atoms with Crippen molar-refractivity contribution in [3.8, 4) is 0 Å². The van der Waals surface area contributed by atoms with Crippen molar-refractivity contribution in [3.05, 3.63) is 0 Å². The number of likely N-dealkylation sites (tertiary alicyclic amines) is 1. The Hall–Kier alpha value is -1.43. The number of carbonyl (C=O) groups excluding carboxylic acids is 2. The summed E-state index contributed by atoms with van der Waals surface area (Å²) in [5.74, 6) is -1.18. The van der Waals surface area contributed by atoms with Gasteiger partial charge >= 0.3 is 5.97 Å². The fourth-order valence-corrected chi connectivity index (χ4v) is 2.85. The molecule has 2 rings (SSSR count). The maximum Gasteiger partial charge on any atom is 0.306 e. The van der Waals surface area contributed by atoms with Crippen molar-refractivity contribution >= 4 is 17.8 Å². The van der Waals surface area contributed by atoms with Gasteiger partial charge in [0.25, 0.3) is 0 Å². The van der Waals surface area contributed by atoms with Crippen LogP contribution in [0.2, 0.25) is 0 Å². The Bertz CT molecular complexity index is 367. The van der Waals surface area contributed by atoms with Gasteiger partial charge in [0.05, 0.1) is 5.92 Å². The highest BCUT2D eigenvalue weighted by Crippen LogP contribution is 2.24. The Morgan fingerprint density at radius 2 is 1.95 bits per heavy atom. The molecule has 2 unspecified atom stereocenters. The van der Waals surface area contributed by atoms with E-state index in [-0.39, 0.29) is 23.8 Å². The molecule has 106 valence electrons. The number of rotatable bonds is 5. The van der Waals surface area contributed by atoms with Crippen LogP contribution in [0.3, 0.4) is 0 Å². The lowest BCUT2D eigenvalue weighted by Crippen LogP contribution is -2.42. The van der Waals surface area contributed by atoms with Crippen LogP contribution in [0.1, 0.15) is 38.5 Å². The SMILES string of the molecule is O=C(O)C1CCCC(NCCN2C(=O)CCC2=O)C1. The van der Waals surface area contributed by atoms with E-state index in [0.29, 0.717) is 32.4 Å². The van der Waals surface area contributed by atoms with Gasteiger partial charge in [-0.05, 0) is 19.3 Å². The number of amides is 2. The van der Waals surface area contributed by atoms with Crippen LogP contribution in [0.4, 0.5) is 0 Å².